The van der Waals surface area contributed by atoms with Crippen LogP contribution < -0.4 is 19.5 Å². The summed E-state index contributed by atoms with van der Waals surface area (Å²) in [6.07, 6.45) is 0.701. The van der Waals surface area contributed by atoms with E-state index in [1.54, 1.807) is 7.11 Å². The second-order valence-electron chi connectivity index (χ2n) is 6.29. The summed E-state index contributed by atoms with van der Waals surface area (Å²) in [4.78, 5) is 15.6. The predicted molar refractivity (Wildman–Crippen MR) is 110 cm³/mol. The Morgan fingerprint density at radius 2 is 1.79 bits per heavy atom. The van der Waals surface area contributed by atoms with Gasteiger partial charge in [0.05, 0.1) is 20.3 Å². The lowest BCUT2D eigenvalue weighted by Crippen LogP contribution is -2.25. The summed E-state index contributed by atoms with van der Waals surface area (Å²) in [7, 11) is 1.62. The quantitative estimate of drug-likeness (QED) is 0.588. The van der Waals surface area contributed by atoms with Crippen LogP contribution in [0.25, 0.3) is 10.9 Å². The van der Waals surface area contributed by atoms with Gasteiger partial charge < -0.3 is 24.5 Å². The van der Waals surface area contributed by atoms with Gasteiger partial charge in [-0.05, 0) is 56.2 Å². The van der Waals surface area contributed by atoms with E-state index in [0.717, 1.165) is 33.7 Å². The second kappa shape index (κ2) is 9.17. The number of H-pyrrole nitrogens is 1. The molecule has 0 bridgehead atoms. The first-order valence-corrected chi connectivity index (χ1v) is 9.48. The molecule has 0 radical (unpaired) electrons. The summed E-state index contributed by atoms with van der Waals surface area (Å²) >= 11 is 0. The molecule has 1 heterocycles. The molecule has 28 heavy (non-hydrogen) atoms. The maximum Gasteiger partial charge on any atom is 0.267 e. The smallest absolute Gasteiger partial charge is 0.267 e. The van der Waals surface area contributed by atoms with Crippen LogP contribution in [-0.2, 0) is 6.42 Å². The number of nitrogens with one attached hydrogen (secondary N) is 2. The first-order chi connectivity index (χ1) is 13.6. The zero-order valence-corrected chi connectivity index (χ0v) is 16.5. The topological polar surface area (TPSA) is 72.6 Å². The van der Waals surface area contributed by atoms with Gasteiger partial charge in [-0.25, -0.2) is 0 Å². The third-order valence-corrected chi connectivity index (χ3v) is 4.38. The summed E-state index contributed by atoms with van der Waals surface area (Å²) < 4.78 is 16.5. The SMILES string of the molecule is CCOc1ccc(CCNC(=O)c2cc3ccc(OC)cc3[nH]2)cc1OCC. The largest absolute Gasteiger partial charge is 0.497 e. The van der Waals surface area contributed by atoms with Crippen LogP contribution in [-0.4, -0.2) is 37.8 Å². The summed E-state index contributed by atoms with van der Waals surface area (Å²) in [5.74, 6) is 2.09. The Kier molecular flexibility index (Phi) is 6.42. The number of aromatic nitrogens is 1. The maximum absolute atomic E-state index is 12.4. The Morgan fingerprint density at radius 3 is 2.54 bits per heavy atom. The summed E-state index contributed by atoms with van der Waals surface area (Å²) in [5.41, 5.74) is 2.48. The number of carbonyl (C=O) groups is 1. The molecule has 0 aliphatic rings. The van der Waals surface area contributed by atoms with Crippen LogP contribution in [0, 0.1) is 0 Å². The lowest BCUT2D eigenvalue weighted by molar-refractivity contribution is 0.0950. The molecule has 2 N–H and O–H groups in total. The van der Waals surface area contributed by atoms with Gasteiger partial charge >= 0.3 is 0 Å². The van der Waals surface area contributed by atoms with Gasteiger partial charge in [-0.3, -0.25) is 4.79 Å². The van der Waals surface area contributed by atoms with Crippen molar-refractivity contribution in [2.75, 3.05) is 26.9 Å². The molecular formula is C22H26N2O4. The number of rotatable bonds is 9. The van der Waals surface area contributed by atoms with Gasteiger partial charge in [0, 0.05) is 23.5 Å². The molecule has 1 amide bonds. The molecule has 0 saturated heterocycles. The number of aromatic amines is 1. The van der Waals surface area contributed by atoms with E-state index in [1.807, 2.05) is 56.3 Å². The highest BCUT2D eigenvalue weighted by molar-refractivity contribution is 5.98. The molecule has 0 unspecified atom stereocenters. The minimum absolute atomic E-state index is 0.133. The van der Waals surface area contributed by atoms with Crippen LogP contribution in [0.3, 0.4) is 0 Å². The van der Waals surface area contributed by atoms with Gasteiger partial charge in [0.2, 0.25) is 0 Å². The van der Waals surface area contributed by atoms with Crippen LogP contribution in [0.2, 0.25) is 0 Å². The number of carbonyl (C=O) groups excluding carboxylic acids is 1. The average molecular weight is 382 g/mol. The maximum atomic E-state index is 12.4. The molecule has 0 aliphatic carbocycles. The number of ether oxygens (including phenoxy) is 3. The molecule has 0 spiro atoms. The third-order valence-electron chi connectivity index (χ3n) is 4.38. The molecule has 6 heteroatoms. The van der Waals surface area contributed by atoms with Crippen molar-refractivity contribution < 1.29 is 19.0 Å². The van der Waals surface area contributed by atoms with Crippen molar-refractivity contribution in [2.24, 2.45) is 0 Å². The van der Waals surface area contributed by atoms with Crippen LogP contribution in [0.4, 0.5) is 0 Å². The Bertz CT molecular complexity index is 949. The summed E-state index contributed by atoms with van der Waals surface area (Å²) in [5, 5.41) is 3.93. The lowest BCUT2D eigenvalue weighted by Gasteiger charge is -2.12. The fourth-order valence-corrected chi connectivity index (χ4v) is 3.02. The number of fused-ring (bicyclic) bond motifs is 1. The van der Waals surface area contributed by atoms with Crippen molar-refractivity contribution in [3.05, 3.63) is 53.7 Å². The molecule has 2 aromatic carbocycles. The minimum Gasteiger partial charge on any atom is -0.497 e. The van der Waals surface area contributed by atoms with Crippen LogP contribution in [0.5, 0.6) is 17.2 Å². The van der Waals surface area contributed by atoms with Crippen LogP contribution in [0.15, 0.2) is 42.5 Å². The Morgan fingerprint density at radius 1 is 1.00 bits per heavy atom. The Labute approximate surface area is 164 Å². The first kappa shape index (κ1) is 19.6. The fraction of sp³-hybridized carbons (Fsp3) is 0.318. The standard InChI is InChI=1S/C22H26N2O4/c1-4-27-20-9-6-15(12-21(20)28-5-2)10-11-23-22(25)19-13-16-7-8-17(26-3)14-18(16)24-19/h6-9,12-14,24H,4-5,10-11H2,1-3H3,(H,23,25). The van der Waals surface area contributed by atoms with Gasteiger partial charge in [-0.15, -0.1) is 0 Å². The summed E-state index contributed by atoms with van der Waals surface area (Å²) in [6.45, 7) is 5.58. The van der Waals surface area contributed by atoms with Crippen molar-refractivity contribution in [2.45, 2.75) is 20.3 Å². The molecule has 3 aromatic rings. The van der Waals surface area contributed by atoms with E-state index in [2.05, 4.69) is 10.3 Å². The third kappa shape index (κ3) is 4.57. The Hall–Kier alpha value is -3.15. The first-order valence-electron chi connectivity index (χ1n) is 9.48. The van der Waals surface area contributed by atoms with Crippen molar-refractivity contribution in [3.63, 3.8) is 0 Å². The zero-order valence-electron chi connectivity index (χ0n) is 16.5. The molecular weight excluding hydrogens is 356 g/mol. The van der Waals surface area contributed by atoms with Crippen molar-refractivity contribution in [1.29, 1.82) is 0 Å². The zero-order chi connectivity index (χ0) is 19.9. The average Bonchev–Trinajstić information content (AvgIpc) is 3.13. The predicted octanol–water partition coefficient (Wildman–Crippen LogP) is 3.95. The number of hydrogen-bond acceptors (Lipinski definition) is 4. The van der Waals surface area contributed by atoms with E-state index in [0.29, 0.717) is 31.9 Å². The van der Waals surface area contributed by atoms with Gasteiger partial charge in [-0.2, -0.15) is 0 Å². The van der Waals surface area contributed by atoms with Crippen LogP contribution in [0.1, 0.15) is 29.9 Å². The van der Waals surface area contributed by atoms with E-state index in [-0.39, 0.29) is 5.91 Å². The van der Waals surface area contributed by atoms with Gasteiger partial charge in [0.1, 0.15) is 11.4 Å². The van der Waals surface area contributed by atoms with Gasteiger partial charge in [0.25, 0.3) is 5.91 Å². The monoisotopic (exact) mass is 382 g/mol. The number of methoxy groups -OCH3 is 1. The Balaban J connectivity index is 1.61. The van der Waals surface area contributed by atoms with E-state index >= 15 is 0 Å². The summed E-state index contributed by atoms with van der Waals surface area (Å²) in [6, 6.07) is 13.4. The van der Waals surface area contributed by atoms with E-state index in [4.69, 9.17) is 14.2 Å². The normalized spacial score (nSPS) is 10.7. The molecule has 0 atom stereocenters. The number of amides is 1. The number of hydrogen-bond donors (Lipinski definition) is 2. The van der Waals surface area contributed by atoms with E-state index in [1.165, 1.54) is 0 Å². The lowest BCUT2D eigenvalue weighted by atomic mass is 10.1. The van der Waals surface area contributed by atoms with E-state index in [9.17, 15) is 4.79 Å². The molecule has 0 saturated carbocycles. The fourth-order valence-electron chi connectivity index (χ4n) is 3.02. The van der Waals surface area contributed by atoms with Gasteiger partial charge in [-0.1, -0.05) is 6.07 Å². The highest BCUT2D eigenvalue weighted by atomic mass is 16.5. The molecule has 1 aromatic heterocycles. The molecule has 0 fully saturated rings. The molecule has 0 aliphatic heterocycles. The molecule has 6 nitrogen and oxygen atoms in total. The van der Waals surface area contributed by atoms with Crippen molar-refractivity contribution in [3.8, 4) is 17.2 Å². The highest BCUT2D eigenvalue weighted by Gasteiger charge is 2.11. The van der Waals surface area contributed by atoms with Crippen molar-refractivity contribution >= 4 is 16.8 Å². The van der Waals surface area contributed by atoms with Crippen LogP contribution >= 0.6 is 0 Å². The second-order valence-corrected chi connectivity index (χ2v) is 6.29. The number of benzene rings is 2. The van der Waals surface area contributed by atoms with Crippen molar-refractivity contribution in [1.82, 2.24) is 10.3 Å². The minimum atomic E-state index is -0.133. The molecule has 3 rings (SSSR count). The van der Waals surface area contributed by atoms with Gasteiger partial charge in [0.15, 0.2) is 11.5 Å². The highest BCUT2D eigenvalue weighted by Crippen LogP contribution is 2.28. The molecule has 148 valence electrons. The van der Waals surface area contributed by atoms with E-state index < -0.39 is 0 Å².